The molecule has 0 aliphatic carbocycles. The normalized spacial score (nSPS) is 17.7. The lowest BCUT2D eigenvalue weighted by Crippen LogP contribution is -2.39. The minimum atomic E-state index is -0.295. The number of hydrogen-bond donors (Lipinski definition) is 1. The number of fused-ring (bicyclic) bond motifs is 2. The first-order valence-corrected chi connectivity index (χ1v) is 11.0. The zero-order chi connectivity index (χ0) is 21.9. The molecule has 162 valence electrons. The van der Waals surface area contributed by atoms with Crippen LogP contribution in [0.25, 0.3) is 11.0 Å². The summed E-state index contributed by atoms with van der Waals surface area (Å²) in [4.78, 5) is 30.5. The second-order valence-electron chi connectivity index (χ2n) is 8.30. The summed E-state index contributed by atoms with van der Waals surface area (Å²) in [5, 5.41) is 5.53. The van der Waals surface area contributed by atoms with Gasteiger partial charge in [-0.1, -0.05) is 35.3 Å². The van der Waals surface area contributed by atoms with E-state index in [1.54, 1.807) is 18.0 Å². The van der Waals surface area contributed by atoms with Gasteiger partial charge >= 0.3 is 0 Å². The van der Waals surface area contributed by atoms with Crippen molar-refractivity contribution in [2.24, 2.45) is 5.92 Å². The van der Waals surface area contributed by atoms with Gasteiger partial charge in [0.1, 0.15) is 0 Å². The first kappa shape index (κ1) is 20.5. The van der Waals surface area contributed by atoms with Crippen molar-refractivity contribution in [2.75, 3.05) is 19.8 Å². The van der Waals surface area contributed by atoms with Crippen LogP contribution < -0.4 is 5.56 Å². The van der Waals surface area contributed by atoms with E-state index in [-0.39, 0.29) is 23.9 Å². The van der Waals surface area contributed by atoms with Gasteiger partial charge in [-0.25, -0.2) is 0 Å². The molecule has 1 fully saturated rings. The summed E-state index contributed by atoms with van der Waals surface area (Å²) in [5.41, 5.74) is 3.20. The highest BCUT2D eigenvalue weighted by Crippen LogP contribution is 2.41. The molecule has 5 rings (SSSR count). The molecule has 7 nitrogen and oxygen atoms in total. The Labute approximate surface area is 188 Å². The molecule has 1 amide bonds. The van der Waals surface area contributed by atoms with Crippen molar-refractivity contribution >= 4 is 40.1 Å². The number of hydrogen-bond acceptors (Lipinski definition) is 5. The first-order valence-electron chi connectivity index (χ1n) is 10.2. The fraction of sp³-hybridized carbons (Fsp3) is 0.409. The SMILES string of the molecule is Cc1[nH]c(=O)c(CN2CCc3c(Cl)cc(C(C)C4COC4)c(Cl)c3C2=O)c2oncc12. The van der Waals surface area contributed by atoms with Crippen LogP contribution in [-0.2, 0) is 17.7 Å². The Kier molecular flexibility index (Phi) is 5.07. The van der Waals surface area contributed by atoms with Crippen LogP contribution in [0.1, 0.15) is 45.6 Å². The van der Waals surface area contributed by atoms with Crippen LogP contribution in [0.5, 0.6) is 0 Å². The van der Waals surface area contributed by atoms with Gasteiger partial charge in [0.15, 0.2) is 5.58 Å². The lowest BCUT2D eigenvalue weighted by molar-refractivity contribution is -0.0423. The maximum Gasteiger partial charge on any atom is 0.257 e. The third-order valence-electron chi connectivity index (χ3n) is 6.51. The number of benzene rings is 1. The molecule has 1 N–H and O–H groups in total. The fourth-order valence-electron chi connectivity index (χ4n) is 4.41. The van der Waals surface area contributed by atoms with Gasteiger partial charge in [-0.15, -0.1) is 0 Å². The highest BCUT2D eigenvalue weighted by Gasteiger charge is 2.34. The van der Waals surface area contributed by atoms with E-state index in [0.717, 1.165) is 16.5 Å². The summed E-state index contributed by atoms with van der Waals surface area (Å²) in [6.45, 7) is 5.74. The Balaban J connectivity index is 1.53. The molecule has 0 bridgehead atoms. The number of nitrogens with zero attached hydrogens (tertiary/aromatic N) is 2. The van der Waals surface area contributed by atoms with Crippen LogP contribution in [0.2, 0.25) is 10.0 Å². The van der Waals surface area contributed by atoms with Crippen LogP contribution in [0.4, 0.5) is 0 Å². The summed E-state index contributed by atoms with van der Waals surface area (Å²) >= 11 is 13.3. The van der Waals surface area contributed by atoms with Gasteiger partial charge in [-0.3, -0.25) is 9.59 Å². The Morgan fingerprint density at radius 2 is 2.10 bits per heavy atom. The molecule has 2 aliphatic heterocycles. The molecule has 3 aromatic rings. The molecule has 31 heavy (non-hydrogen) atoms. The summed E-state index contributed by atoms with van der Waals surface area (Å²) in [6, 6.07) is 1.89. The van der Waals surface area contributed by atoms with E-state index in [9.17, 15) is 9.59 Å². The van der Waals surface area contributed by atoms with E-state index in [1.165, 1.54) is 0 Å². The van der Waals surface area contributed by atoms with E-state index < -0.39 is 0 Å². The second-order valence-corrected chi connectivity index (χ2v) is 9.09. The largest absolute Gasteiger partial charge is 0.381 e. The minimum Gasteiger partial charge on any atom is -0.381 e. The van der Waals surface area contributed by atoms with Crippen LogP contribution in [-0.4, -0.2) is 40.7 Å². The second kappa shape index (κ2) is 7.65. The summed E-state index contributed by atoms with van der Waals surface area (Å²) in [5.74, 6) is 0.243. The van der Waals surface area contributed by atoms with Gasteiger partial charge in [0.2, 0.25) is 0 Å². The van der Waals surface area contributed by atoms with Crippen LogP contribution in [0, 0.1) is 12.8 Å². The maximum atomic E-state index is 13.5. The van der Waals surface area contributed by atoms with Gasteiger partial charge < -0.3 is 19.1 Å². The number of halogens is 2. The maximum absolute atomic E-state index is 13.5. The molecule has 0 spiro atoms. The molecule has 1 aromatic carbocycles. The number of rotatable bonds is 4. The zero-order valence-corrected chi connectivity index (χ0v) is 18.6. The minimum absolute atomic E-state index is 0.101. The van der Waals surface area contributed by atoms with Crippen molar-refractivity contribution in [3.05, 3.63) is 60.6 Å². The topological polar surface area (TPSA) is 88.4 Å². The lowest BCUT2D eigenvalue weighted by atomic mass is 9.84. The smallest absolute Gasteiger partial charge is 0.257 e. The van der Waals surface area contributed by atoms with Crippen molar-refractivity contribution in [1.29, 1.82) is 0 Å². The molecule has 2 aromatic heterocycles. The Morgan fingerprint density at radius 1 is 1.32 bits per heavy atom. The van der Waals surface area contributed by atoms with Crippen LogP contribution >= 0.6 is 23.2 Å². The van der Waals surface area contributed by atoms with Crippen molar-refractivity contribution in [2.45, 2.75) is 32.7 Å². The van der Waals surface area contributed by atoms with Gasteiger partial charge in [0, 0.05) is 23.2 Å². The number of carbonyl (C=O) groups is 1. The third kappa shape index (κ3) is 3.26. The number of aryl methyl sites for hydroxylation is 1. The third-order valence-corrected chi connectivity index (χ3v) is 7.26. The highest BCUT2D eigenvalue weighted by molar-refractivity contribution is 6.37. The van der Waals surface area contributed by atoms with E-state index >= 15 is 0 Å². The van der Waals surface area contributed by atoms with Gasteiger partial charge in [-0.05, 0) is 36.5 Å². The van der Waals surface area contributed by atoms with Crippen LogP contribution in [0.3, 0.4) is 0 Å². The molecule has 1 saturated heterocycles. The molecule has 0 saturated carbocycles. The quantitative estimate of drug-likeness (QED) is 0.632. The van der Waals surface area contributed by atoms with E-state index in [1.807, 2.05) is 6.07 Å². The molecule has 0 radical (unpaired) electrons. The molecule has 2 aliphatic rings. The molecular weight excluding hydrogens is 441 g/mol. The number of amides is 1. The number of H-pyrrole nitrogens is 1. The Morgan fingerprint density at radius 3 is 2.81 bits per heavy atom. The molecule has 1 unspecified atom stereocenters. The average molecular weight is 462 g/mol. The number of aromatic nitrogens is 2. The predicted molar refractivity (Wildman–Crippen MR) is 117 cm³/mol. The van der Waals surface area contributed by atoms with Gasteiger partial charge in [-0.2, -0.15) is 0 Å². The summed E-state index contributed by atoms with van der Waals surface area (Å²) in [7, 11) is 0. The average Bonchev–Trinajstić information content (AvgIpc) is 3.17. The van der Waals surface area contributed by atoms with Gasteiger partial charge in [0.25, 0.3) is 11.5 Å². The molecule has 4 heterocycles. The standard InChI is InChI=1S/C22H21Cl2N3O4/c1-10(12-8-30-9-12)14-5-17(23)13-3-4-27(22(29)18(13)19(14)24)7-16-20-15(6-25-31-20)11(2)26-21(16)28/h5-6,10,12H,3-4,7-9H2,1-2H3,(H,26,28). The number of aromatic amines is 1. The number of pyridine rings is 1. The van der Waals surface area contributed by atoms with E-state index in [0.29, 0.717) is 64.5 Å². The van der Waals surface area contributed by atoms with Crippen molar-refractivity contribution < 1.29 is 14.1 Å². The first-order chi connectivity index (χ1) is 14.9. The Bertz CT molecular complexity index is 1260. The van der Waals surface area contributed by atoms with Gasteiger partial charge in [0.05, 0.1) is 47.5 Å². The summed E-state index contributed by atoms with van der Waals surface area (Å²) in [6.07, 6.45) is 2.12. The predicted octanol–water partition coefficient (Wildman–Crippen LogP) is 4.08. The lowest BCUT2D eigenvalue weighted by Gasteiger charge is -2.34. The monoisotopic (exact) mass is 461 g/mol. The Hall–Kier alpha value is -2.35. The van der Waals surface area contributed by atoms with Crippen LogP contribution in [0.15, 0.2) is 21.6 Å². The number of nitrogens with one attached hydrogen (secondary N) is 1. The van der Waals surface area contributed by atoms with E-state index in [4.69, 9.17) is 32.5 Å². The highest BCUT2D eigenvalue weighted by atomic mass is 35.5. The zero-order valence-electron chi connectivity index (χ0n) is 17.1. The van der Waals surface area contributed by atoms with Crippen molar-refractivity contribution in [1.82, 2.24) is 15.0 Å². The molecule has 9 heteroatoms. The molecular formula is C22H21Cl2N3O4. The fourth-order valence-corrected chi connectivity index (χ4v) is 5.14. The van der Waals surface area contributed by atoms with Crippen molar-refractivity contribution in [3.63, 3.8) is 0 Å². The number of ether oxygens (including phenoxy) is 1. The number of carbonyl (C=O) groups excluding carboxylic acids is 1. The van der Waals surface area contributed by atoms with E-state index in [2.05, 4.69) is 17.1 Å². The molecule has 1 atom stereocenters. The summed E-state index contributed by atoms with van der Waals surface area (Å²) < 4.78 is 10.6. The van der Waals surface area contributed by atoms with Crippen molar-refractivity contribution in [3.8, 4) is 0 Å².